The summed E-state index contributed by atoms with van der Waals surface area (Å²) in [5.74, 6) is 0.387. The van der Waals surface area contributed by atoms with Gasteiger partial charge in [0.25, 0.3) is 0 Å². The molecule has 0 spiro atoms. The van der Waals surface area contributed by atoms with E-state index in [1.165, 1.54) is 6.07 Å². The number of aliphatic hydroxyl groups excluding tert-OH is 1. The maximum absolute atomic E-state index is 13.7. The predicted molar refractivity (Wildman–Crippen MR) is 67.6 cm³/mol. The monoisotopic (exact) mass is 237 g/mol. The molecule has 2 atom stereocenters. The van der Waals surface area contributed by atoms with E-state index in [1.54, 1.807) is 13.0 Å². The normalized spacial score (nSPS) is 21.9. The van der Waals surface area contributed by atoms with Crippen LogP contribution in [0.2, 0.25) is 0 Å². The number of halogens is 1. The molecule has 0 aromatic heterocycles. The van der Waals surface area contributed by atoms with Gasteiger partial charge in [0.1, 0.15) is 5.82 Å². The van der Waals surface area contributed by atoms with Gasteiger partial charge in [-0.3, -0.25) is 0 Å². The first kappa shape index (κ1) is 12.4. The van der Waals surface area contributed by atoms with Crippen molar-refractivity contribution in [3.05, 3.63) is 29.6 Å². The Balaban J connectivity index is 2.29. The van der Waals surface area contributed by atoms with Gasteiger partial charge in [-0.05, 0) is 31.4 Å². The highest BCUT2D eigenvalue weighted by molar-refractivity contribution is 5.55. The molecule has 1 aliphatic rings. The molecule has 2 rings (SSSR count). The molecule has 94 valence electrons. The number of benzene rings is 1. The van der Waals surface area contributed by atoms with E-state index < -0.39 is 6.10 Å². The van der Waals surface area contributed by atoms with Crippen molar-refractivity contribution < 1.29 is 9.50 Å². The van der Waals surface area contributed by atoms with Crippen molar-refractivity contribution in [2.45, 2.75) is 32.8 Å². The van der Waals surface area contributed by atoms with Crippen molar-refractivity contribution >= 4 is 5.69 Å². The van der Waals surface area contributed by atoms with E-state index in [4.69, 9.17) is 0 Å². The Morgan fingerprint density at radius 2 is 2.29 bits per heavy atom. The largest absolute Gasteiger partial charge is 0.389 e. The van der Waals surface area contributed by atoms with Crippen LogP contribution in [-0.2, 0) is 0 Å². The lowest BCUT2D eigenvalue weighted by molar-refractivity contribution is 0.194. The van der Waals surface area contributed by atoms with Crippen LogP contribution >= 0.6 is 0 Å². The Morgan fingerprint density at radius 1 is 1.53 bits per heavy atom. The zero-order valence-electron chi connectivity index (χ0n) is 10.5. The fraction of sp³-hybridized carbons (Fsp3) is 0.571. The molecule has 0 aliphatic carbocycles. The summed E-state index contributed by atoms with van der Waals surface area (Å²) in [6.45, 7) is 5.74. The number of hydrogen-bond donors (Lipinski definition) is 1. The first-order chi connectivity index (χ1) is 8.13. The van der Waals surface area contributed by atoms with E-state index in [0.717, 1.165) is 31.6 Å². The van der Waals surface area contributed by atoms with Gasteiger partial charge >= 0.3 is 0 Å². The summed E-state index contributed by atoms with van der Waals surface area (Å²) in [7, 11) is 0. The summed E-state index contributed by atoms with van der Waals surface area (Å²) < 4.78 is 13.7. The van der Waals surface area contributed by atoms with Gasteiger partial charge in [0.15, 0.2) is 0 Å². The van der Waals surface area contributed by atoms with Crippen LogP contribution in [-0.4, -0.2) is 18.2 Å². The molecule has 2 unspecified atom stereocenters. The minimum atomic E-state index is -0.758. The molecule has 1 heterocycles. The average Bonchev–Trinajstić information content (AvgIpc) is 2.76. The van der Waals surface area contributed by atoms with Gasteiger partial charge < -0.3 is 10.0 Å². The fourth-order valence-electron chi connectivity index (χ4n) is 2.60. The molecule has 0 amide bonds. The topological polar surface area (TPSA) is 23.5 Å². The molecular formula is C14H20FNO. The third-order valence-corrected chi connectivity index (χ3v) is 3.65. The summed E-state index contributed by atoms with van der Waals surface area (Å²) in [6, 6.07) is 5.04. The van der Waals surface area contributed by atoms with Crippen LogP contribution in [0.1, 0.15) is 38.4 Å². The lowest BCUT2D eigenvalue weighted by atomic mass is 10.1. The molecule has 1 saturated heterocycles. The third-order valence-electron chi connectivity index (χ3n) is 3.65. The van der Waals surface area contributed by atoms with Crippen molar-refractivity contribution in [3.63, 3.8) is 0 Å². The summed E-state index contributed by atoms with van der Waals surface area (Å²) >= 11 is 0. The Bertz CT molecular complexity index is 392. The highest BCUT2D eigenvalue weighted by Gasteiger charge is 2.25. The lowest BCUT2D eigenvalue weighted by Gasteiger charge is -2.23. The Labute approximate surface area is 102 Å². The summed E-state index contributed by atoms with van der Waals surface area (Å²) in [6.07, 6.45) is 1.56. The highest BCUT2D eigenvalue weighted by atomic mass is 19.1. The molecule has 1 aliphatic heterocycles. The average molecular weight is 237 g/mol. The van der Waals surface area contributed by atoms with Crippen LogP contribution in [0, 0.1) is 11.7 Å². The van der Waals surface area contributed by atoms with Gasteiger partial charge in [0.05, 0.1) is 6.10 Å². The van der Waals surface area contributed by atoms with Crippen LogP contribution in [0.4, 0.5) is 10.1 Å². The van der Waals surface area contributed by atoms with Crippen LogP contribution in [0.3, 0.4) is 0 Å². The minimum Gasteiger partial charge on any atom is -0.389 e. The van der Waals surface area contributed by atoms with Gasteiger partial charge in [0.2, 0.25) is 0 Å². The SMILES string of the molecule is CCC1CCN(c2cccc(F)c2C(C)O)C1. The molecule has 2 nitrogen and oxygen atoms in total. The Morgan fingerprint density at radius 3 is 2.88 bits per heavy atom. The number of hydrogen-bond acceptors (Lipinski definition) is 2. The Kier molecular flexibility index (Phi) is 3.67. The maximum Gasteiger partial charge on any atom is 0.131 e. The first-order valence-corrected chi connectivity index (χ1v) is 6.35. The standard InChI is InChI=1S/C14H20FNO/c1-3-11-7-8-16(9-11)13-6-4-5-12(15)14(13)10(2)17/h4-6,10-11,17H,3,7-9H2,1-2H3. The Hall–Kier alpha value is -1.09. The molecule has 0 saturated carbocycles. The smallest absolute Gasteiger partial charge is 0.131 e. The molecule has 1 fully saturated rings. The second-order valence-corrected chi connectivity index (χ2v) is 4.86. The number of aliphatic hydroxyl groups is 1. The van der Waals surface area contributed by atoms with Crippen LogP contribution in [0.25, 0.3) is 0 Å². The molecule has 17 heavy (non-hydrogen) atoms. The van der Waals surface area contributed by atoms with E-state index in [1.807, 2.05) is 6.07 Å². The molecular weight excluding hydrogens is 217 g/mol. The lowest BCUT2D eigenvalue weighted by Crippen LogP contribution is -2.22. The van der Waals surface area contributed by atoms with E-state index in [0.29, 0.717) is 11.5 Å². The van der Waals surface area contributed by atoms with Crippen molar-refractivity contribution in [2.75, 3.05) is 18.0 Å². The first-order valence-electron chi connectivity index (χ1n) is 6.35. The van der Waals surface area contributed by atoms with E-state index >= 15 is 0 Å². The van der Waals surface area contributed by atoms with Crippen molar-refractivity contribution in [1.82, 2.24) is 0 Å². The zero-order chi connectivity index (χ0) is 12.4. The summed E-state index contributed by atoms with van der Waals surface area (Å²) in [5.41, 5.74) is 1.29. The summed E-state index contributed by atoms with van der Waals surface area (Å²) in [5, 5.41) is 9.70. The fourth-order valence-corrected chi connectivity index (χ4v) is 2.60. The van der Waals surface area contributed by atoms with Crippen LogP contribution in [0.15, 0.2) is 18.2 Å². The molecule has 3 heteroatoms. The van der Waals surface area contributed by atoms with Crippen molar-refractivity contribution in [2.24, 2.45) is 5.92 Å². The van der Waals surface area contributed by atoms with Gasteiger partial charge in [-0.25, -0.2) is 4.39 Å². The molecule has 0 radical (unpaired) electrons. The predicted octanol–water partition coefficient (Wildman–Crippen LogP) is 3.12. The minimum absolute atomic E-state index is 0.308. The van der Waals surface area contributed by atoms with Crippen molar-refractivity contribution in [1.29, 1.82) is 0 Å². The second kappa shape index (κ2) is 5.05. The van der Waals surface area contributed by atoms with E-state index in [2.05, 4.69) is 11.8 Å². The molecule has 1 aromatic carbocycles. The van der Waals surface area contributed by atoms with Gasteiger partial charge in [-0.1, -0.05) is 19.4 Å². The van der Waals surface area contributed by atoms with E-state index in [-0.39, 0.29) is 5.82 Å². The van der Waals surface area contributed by atoms with Crippen LogP contribution < -0.4 is 4.90 Å². The zero-order valence-corrected chi connectivity index (χ0v) is 10.5. The van der Waals surface area contributed by atoms with Gasteiger partial charge in [-0.2, -0.15) is 0 Å². The molecule has 1 aromatic rings. The maximum atomic E-state index is 13.7. The van der Waals surface area contributed by atoms with Crippen LogP contribution in [0.5, 0.6) is 0 Å². The van der Waals surface area contributed by atoms with E-state index in [9.17, 15) is 9.50 Å². The molecule has 1 N–H and O–H groups in total. The highest BCUT2D eigenvalue weighted by Crippen LogP contribution is 2.33. The summed E-state index contributed by atoms with van der Waals surface area (Å²) in [4.78, 5) is 2.19. The quantitative estimate of drug-likeness (QED) is 0.873. The van der Waals surface area contributed by atoms with Gasteiger partial charge in [0, 0.05) is 24.3 Å². The van der Waals surface area contributed by atoms with Crippen molar-refractivity contribution in [3.8, 4) is 0 Å². The molecule has 0 bridgehead atoms. The third kappa shape index (κ3) is 2.44. The second-order valence-electron chi connectivity index (χ2n) is 4.86. The van der Waals surface area contributed by atoms with Gasteiger partial charge in [-0.15, -0.1) is 0 Å². The number of anilines is 1. The number of nitrogens with zero attached hydrogens (tertiary/aromatic N) is 1. The number of rotatable bonds is 3.